The molecule has 3 aromatic carbocycles. The van der Waals surface area contributed by atoms with Crippen molar-refractivity contribution >= 4 is 46.9 Å². The average Bonchev–Trinajstić information content (AvgIpc) is 3.31. The number of nitriles is 1. The van der Waals surface area contributed by atoms with Gasteiger partial charge >= 0.3 is 0 Å². The minimum absolute atomic E-state index is 0.0814. The zero-order valence-corrected chi connectivity index (χ0v) is 25.4. The molecule has 0 amide bonds. The first-order chi connectivity index (χ1) is 18.8. The maximum absolute atomic E-state index is 9.79. The number of pyridine rings is 1. The molecular weight excluding hydrogens is 613 g/mol. The molecule has 0 aliphatic carbocycles. The number of ether oxygens (including phenoxy) is 1. The molecule has 0 saturated carbocycles. The minimum atomic E-state index is -2.59. The summed E-state index contributed by atoms with van der Waals surface area (Å²) in [4.78, 5) is 4.69. The van der Waals surface area contributed by atoms with Gasteiger partial charge in [-0.25, -0.2) is 4.98 Å². The van der Waals surface area contributed by atoms with E-state index in [2.05, 4.69) is 115 Å². The summed E-state index contributed by atoms with van der Waals surface area (Å²) in [5.74, 6) is 0.751. The van der Waals surface area contributed by atoms with E-state index in [4.69, 9.17) is 9.16 Å². The van der Waals surface area contributed by atoms with Crippen LogP contribution >= 0.6 is 22.6 Å². The Bertz CT molecular complexity index is 1570. The van der Waals surface area contributed by atoms with Gasteiger partial charge in [0.1, 0.15) is 29.8 Å². The monoisotopic (exact) mass is 643 g/mol. The van der Waals surface area contributed by atoms with Crippen molar-refractivity contribution in [1.82, 2.24) is 9.38 Å². The molecule has 0 fully saturated rings. The van der Waals surface area contributed by atoms with Crippen LogP contribution in [-0.2, 0) is 4.43 Å². The molecule has 196 valence electrons. The third kappa shape index (κ3) is 5.37. The summed E-state index contributed by atoms with van der Waals surface area (Å²) < 4.78 is 15.9. The molecule has 7 heteroatoms. The maximum Gasteiger partial charge on any atom is 0.261 e. The molecule has 0 spiro atoms. The van der Waals surface area contributed by atoms with E-state index in [0.29, 0.717) is 24.6 Å². The van der Waals surface area contributed by atoms with Crippen LogP contribution in [-0.4, -0.2) is 30.9 Å². The van der Waals surface area contributed by atoms with E-state index in [1.165, 1.54) is 10.4 Å². The highest BCUT2D eigenvalue weighted by Gasteiger charge is 2.50. The zero-order chi connectivity index (χ0) is 27.5. The molecule has 0 bridgehead atoms. The first-order valence-corrected chi connectivity index (χ1v) is 15.9. The Morgan fingerprint density at radius 2 is 1.46 bits per heavy atom. The third-order valence-electron chi connectivity index (χ3n) is 6.90. The van der Waals surface area contributed by atoms with Crippen molar-refractivity contribution in [1.29, 1.82) is 5.26 Å². The van der Waals surface area contributed by atoms with Crippen molar-refractivity contribution in [2.45, 2.75) is 25.8 Å². The molecule has 0 saturated heterocycles. The SMILES string of the molecule is CC(C)(C)[Si](OCCOc1ccc(-c2nc3ccc(I)cn3c2C#N)cc1)(c1ccccc1)c1ccccc1. The van der Waals surface area contributed by atoms with Gasteiger partial charge in [0.15, 0.2) is 5.69 Å². The van der Waals surface area contributed by atoms with Crippen LogP contribution < -0.4 is 15.1 Å². The largest absolute Gasteiger partial charge is 0.491 e. The number of rotatable bonds is 8. The predicted octanol–water partition coefficient (Wildman–Crippen LogP) is 6.43. The maximum atomic E-state index is 9.79. The van der Waals surface area contributed by atoms with E-state index in [0.717, 1.165) is 20.5 Å². The Morgan fingerprint density at radius 1 is 0.846 bits per heavy atom. The summed E-state index contributed by atoms with van der Waals surface area (Å²) in [5.41, 5.74) is 2.82. The van der Waals surface area contributed by atoms with Gasteiger partial charge in [0.05, 0.1) is 6.61 Å². The molecule has 0 unspecified atom stereocenters. The van der Waals surface area contributed by atoms with Crippen LogP contribution in [0.2, 0.25) is 5.04 Å². The topological polar surface area (TPSA) is 59.6 Å². The number of hydrogen-bond donors (Lipinski definition) is 0. The van der Waals surface area contributed by atoms with Gasteiger partial charge in [-0.15, -0.1) is 0 Å². The number of nitrogens with zero attached hydrogens (tertiary/aromatic N) is 3. The molecule has 0 N–H and O–H groups in total. The quantitative estimate of drug-likeness (QED) is 0.111. The molecule has 5 nitrogen and oxygen atoms in total. The van der Waals surface area contributed by atoms with Crippen LogP contribution in [0, 0.1) is 14.9 Å². The number of aromatic nitrogens is 2. The summed E-state index contributed by atoms with van der Waals surface area (Å²) in [7, 11) is -2.59. The van der Waals surface area contributed by atoms with Gasteiger partial charge < -0.3 is 9.16 Å². The molecule has 2 aromatic heterocycles. The number of halogens is 1. The smallest absolute Gasteiger partial charge is 0.261 e. The minimum Gasteiger partial charge on any atom is -0.491 e. The highest BCUT2D eigenvalue weighted by Crippen LogP contribution is 2.36. The summed E-state index contributed by atoms with van der Waals surface area (Å²) >= 11 is 2.24. The summed E-state index contributed by atoms with van der Waals surface area (Å²) in [6.07, 6.45) is 1.92. The first-order valence-electron chi connectivity index (χ1n) is 12.9. The Kier molecular flexibility index (Phi) is 7.89. The van der Waals surface area contributed by atoms with E-state index in [1.807, 2.05) is 47.0 Å². The third-order valence-corrected chi connectivity index (χ3v) is 12.6. The molecule has 2 heterocycles. The molecule has 0 atom stereocenters. The van der Waals surface area contributed by atoms with E-state index in [1.54, 1.807) is 0 Å². The van der Waals surface area contributed by atoms with Crippen LogP contribution in [0.3, 0.4) is 0 Å². The Hall–Kier alpha value is -3.45. The fourth-order valence-corrected chi connectivity index (χ4v) is 10.2. The molecule has 5 rings (SSSR count). The van der Waals surface area contributed by atoms with Crippen molar-refractivity contribution in [3.05, 3.63) is 113 Å². The summed E-state index contributed by atoms with van der Waals surface area (Å²) in [6.45, 7) is 7.72. The van der Waals surface area contributed by atoms with Crippen LogP contribution in [0.15, 0.2) is 103 Å². The number of fused-ring (bicyclic) bond motifs is 1. The number of benzene rings is 3. The van der Waals surface area contributed by atoms with Crippen molar-refractivity contribution in [3.8, 4) is 23.1 Å². The van der Waals surface area contributed by atoms with Gasteiger partial charge in [-0.05, 0) is 74.4 Å². The van der Waals surface area contributed by atoms with Crippen LogP contribution in [0.4, 0.5) is 0 Å². The van der Waals surface area contributed by atoms with Crippen LogP contribution in [0.25, 0.3) is 16.9 Å². The summed E-state index contributed by atoms with van der Waals surface area (Å²) in [5, 5.41) is 12.2. The Morgan fingerprint density at radius 3 is 2.03 bits per heavy atom. The standard InChI is InChI=1S/C32H30IN3O2Si/c1-32(2,3)39(27-10-6-4-7-11-27,28-12-8-5-9-13-28)38-21-20-37-26-17-14-24(15-18-26)31-29(22-34)36-23-25(33)16-19-30(36)35-31/h4-19,23H,20-21H2,1-3H3. The fraction of sp³-hybridized carbons (Fsp3) is 0.188. The summed E-state index contributed by atoms with van der Waals surface area (Å²) in [6, 6.07) is 35.2. The highest BCUT2D eigenvalue weighted by atomic mass is 127. The molecular formula is C32H30IN3O2Si. The number of hydrogen-bond acceptors (Lipinski definition) is 4. The van der Waals surface area contributed by atoms with Gasteiger partial charge in [0.2, 0.25) is 0 Å². The van der Waals surface area contributed by atoms with Gasteiger partial charge in [-0.1, -0.05) is 81.4 Å². The fourth-order valence-electron chi connectivity index (χ4n) is 5.15. The van der Waals surface area contributed by atoms with Crippen LogP contribution in [0.5, 0.6) is 5.75 Å². The Balaban J connectivity index is 1.33. The normalized spacial score (nSPS) is 11.9. The predicted molar refractivity (Wildman–Crippen MR) is 167 cm³/mol. The lowest BCUT2D eigenvalue weighted by atomic mass is 10.1. The second-order valence-corrected chi connectivity index (χ2v) is 15.9. The first kappa shape index (κ1) is 27.1. The van der Waals surface area contributed by atoms with Crippen molar-refractivity contribution in [2.24, 2.45) is 0 Å². The molecule has 0 aliphatic rings. The molecule has 0 radical (unpaired) electrons. The van der Waals surface area contributed by atoms with Crippen molar-refractivity contribution in [2.75, 3.05) is 13.2 Å². The van der Waals surface area contributed by atoms with Crippen LogP contribution in [0.1, 0.15) is 26.5 Å². The number of imidazole rings is 1. The Labute approximate surface area is 244 Å². The van der Waals surface area contributed by atoms with E-state index in [-0.39, 0.29) is 5.04 Å². The molecule has 5 aromatic rings. The van der Waals surface area contributed by atoms with Crippen molar-refractivity contribution in [3.63, 3.8) is 0 Å². The lowest BCUT2D eigenvalue weighted by molar-refractivity contribution is 0.208. The zero-order valence-electron chi connectivity index (χ0n) is 22.3. The van der Waals surface area contributed by atoms with E-state index in [9.17, 15) is 5.26 Å². The van der Waals surface area contributed by atoms with Gasteiger partial charge in [0, 0.05) is 15.3 Å². The van der Waals surface area contributed by atoms with E-state index >= 15 is 0 Å². The lowest BCUT2D eigenvalue weighted by Crippen LogP contribution is -2.66. The average molecular weight is 644 g/mol. The van der Waals surface area contributed by atoms with Gasteiger partial charge in [-0.2, -0.15) is 5.26 Å². The second-order valence-electron chi connectivity index (χ2n) is 10.4. The van der Waals surface area contributed by atoms with E-state index < -0.39 is 8.32 Å². The highest BCUT2D eigenvalue weighted by molar-refractivity contribution is 14.1. The second kappa shape index (κ2) is 11.3. The van der Waals surface area contributed by atoms with Gasteiger partial charge in [0.25, 0.3) is 8.32 Å². The van der Waals surface area contributed by atoms with Gasteiger partial charge in [-0.3, -0.25) is 4.40 Å². The van der Waals surface area contributed by atoms with Crippen molar-refractivity contribution < 1.29 is 9.16 Å². The molecule has 0 aliphatic heterocycles. The molecule has 39 heavy (non-hydrogen) atoms. The lowest BCUT2D eigenvalue weighted by Gasteiger charge is -2.43.